The molecule has 0 aliphatic rings. The van der Waals surface area contributed by atoms with Crippen molar-refractivity contribution in [2.75, 3.05) is 12.5 Å². The molecule has 0 aliphatic heterocycles. The Morgan fingerprint density at radius 1 is 1.05 bits per heavy atom. The fraction of sp³-hybridized carbons (Fsp3) is 0.278. The lowest BCUT2D eigenvalue weighted by molar-refractivity contribution is 0.397. The van der Waals surface area contributed by atoms with Gasteiger partial charge in [0.05, 0.1) is 19.0 Å². The minimum Gasteiger partial charge on any atom is -0.496 e. The summed E-state index contributed by atoms with van der Waals surface area (Å²) >= 11 is 0. The number of hydrogen-bond acceptors (Lipinski definition) is 3. The summed E-state index contributed by atoms with van der Waals surface area (Å²) in [6, 6.07) is 16.0. The summed E-state index contributed by atoms with van der Waals surface area (Å²) in [7, 11) is 1.70. The molecule has 3 heteroatoms. The molecule has 2 aromatic rings. The molecule has 0 radical (unpaired) electrons. The van der Waals surface area contributed by atoms with Crippen molar-refractivity contribution in [2.45, 2.75) is 26.2 Å². The second-order valence-electron chi connectivity index (χ2n) is 5.95. The van der Waals surface area contributed by atoms with Gasteiger partial charge in [-0.1, -0.05) is 39.0 Å². The number of methoxy groups -OCH3 is 1. The molecule has 0 unspecified atom stereocenters. The summed E-state index contributed by atoms with van der Waals surface area (Å²) in [6.45, 7) is 6.52. The fourth-order valence-electron chi connectivity index (χ4n) is 2.09. The second-order valence-corrected chi connectivity index (χ2v) is 5.95. The van der Waals surface area contributed by atoms with Gasteiger partial charge < -0.3 is 4.74 Å². The predicted octanol–water partition coefficient (Wildman–Crippen LogP) is 4.44. The summed E-state index contributed by atoms with van der Waals surface area (Å²) in [5.74, 6) is 0.913. The third kappa shape index (κ3) is 4.09. The normalized spacial score (nSPS) is 11.6. The van der Waals surface area contributed by atoms with E-state index in [4.69, 9.17) is 4.74 Å². The van der Waals surface area contributed by atoms with Gasteiger partial charge in [-0.25, -0.2) is 0 Å². The lowest BCUT2D eigenvalue weighted by Gasteiger charge is -2.22. The van der Waals surface area contributed by atoms with Gasteiger partial charge in [0.1, 0.15) is 5.75 Å². The third-order valence-corrected chi connectivity index (χ3v) is 3.21. The molecule has 0 heterocycles. The van der Waals surface area contributed by atoms with Crippen LogP contribution in [0, 0.1) is 0 Å². The van der Waals surface area contributed by atoms with Crippen molar-refractivity contribution in [3.05, 3.63) is 59.7 Å². The molecule has 0 aromatic heterocycles. The Bertz CT molecular complexity index is 613. The number of para-hydroxylation sites is 1. The molecule has 0 aliphatic carbocycles. The van der Waals surface area contributed by atoms with E-state index in [1.165, 1.54) is 5.56 Å². The first-order valence-corrected chi connectivity index (χ1v) is 7.03. The van der Waals surface area contributed by atoms with Gasteiger partial charge in [0, 0.05) is 5.56 Å². The Morgan fingerprint density at radius 3 is 2.38 bits per heavy atom. The summed E-state index contributed by atoms with van der Waals surface area (Å²) < 4.78 is 5.44. The fourth-order valence-corrected chi connectivity index (χ4v) is 2.09. The van der Waals surface area contributed by atoms with Crippen molar-refractivity contribution in [3.8, 4) is 5.75 Å². The van der Waals surface area contributed by atoms with Crippen molar-refractivity contribution in [2.24, 2.45) is 5.10 Å². The summed E-state index contributed by atoms with van der Waals surface area (Å²) in [5.41, 5.74) is 6.24. The SMILES string of the molecule is COc1ccc(C=NNc2ccccc2)cc1C(C)(C)C. The molecule has 0 saturated heterocycles. The largest absolute Gasteiger partial charge is 0.496 e. The molecule has 0 bridgehead atoms. The zero-order valence-corrected chi connectivity index (χ0v) is 13.1. The van der Waals surface area contributed by atoms with Crippen LogP contribution in [0.2, 0.25) is 0 Å². The number of benzene rings is 2. The van der Waals surface area contributed by atoms with Crippen LogP contribution in [-0.4, -0.2) is 13.3 Å². The third-order valence-electron chi connectivity index (χ3n) is 3.21. The number of nitrogens with zero attached hydrogens (tertiary/aromatic N) is 1. The van der Waals surface area contributed by atoms with Crippen molar-refractivity contribution in [1.29, 1.82) is 0 Å². The van der Waals surface area contributed by atoms with Crippen LogP contribution < -0.4 is 10.2 Å². The molecule has 1 N–H and O–H groups in total. The van der Waals surface area contributed by atoms with Gasteiger partial charge in [0.15, 0.2) is 0 Å². The Labute approximate surface area is 126 Å². The minimum absolute atomic E-state index is 0.0298. The smallest absolute Gasteiger partial charge is 0.122 e. The lowest BCUT2D eigenvalue weighted by atomic mass is 9.85. The van der Waals surface area contributed by atoms with E-state index in [2.05, 4.69) is 37.4 Å². The van der Waals surface area contributed by atoms with E-state index >= 15 is 0 Å². The number of anilines is 1. The van der Waals surface area contributed by atoms with E-state index < -0.39 is 0 Å². The Balaban J connectivity index is 2.17. The van der Waals surface area contributed by atoms with Crippen molar-refractivity contribution in [1.82, 2.24) is 0 Å². The maximum Gasteiger partial charge on any atom is 0.122 e. The molecule has 0 amide bonds. The average molecular weight is 282 g/mol. The number of nitrogens with one attached hydrogen (secondary N) is 1. The van der Waals surface area contributed by atoms with E-state index in [1.807, 2.05) is 48.7 Å². The van der Waals surface area contributed by atoms with Gasteiger partial charge in [0.25, 0.3) is 0 Å². The van der Waals surface area contributed by atoms with Crippen LogP contribution in [0.1, 0.15) is 31.9 Å². The van der Waals surface area contributed by atoms with E-state index in [9.17, 15) is 0 Å². The van der Waals surface area contributed by atoms with Crippen molar-refractivity contribution >= 4 is 11.9 Å². The highest BCUT2D eigenvalue weighted by Crippen LogP contribution is 2.31. The summed E-state index contributed by atoms with van der Waals surface area (Å²) in [4.78, 5) is 0. The Morgan fingerprint density at radius 2 is 1.76 bits per heavy atom. The van der Waals surface area contributed by atoms with E-state index in [1.54, 1.807) is 7.11 Å². The Kier molecular flexibility index (Phi) is 4.63. The lowest BCUT2D eigenvalue weighted by Crippen LogP contribution is -2.13. The van der Waals surface area contributed by atoms with Crippen LogP contribution in [0.15, 0.2) is 53.6 Å². The van der Waals surface area contributed by atoms with Crippen molar-refractivity contribution in [3.63, 3.8) is 0 Å². The van der Waals surface area contributed by atoms with E-state index in [0.29, 0.717) is 0 Å². The molecule has 0 saturated carbocycles. The molecule has 21 heavy (non-hydrogen) atoms. The van der Waals surface area contributed by atoms with Gasteiger partial charge >= 0.3 is 0 Å². The molecule has 0 atom stereocenters. The topological polar surface area (TPSA) is 33.6 Å². The molecule has 110 valence electrons. The highest BCUT2D eigenvalue weighted by atomic mass is 16.5. The Hall–Kier alpha value is -2.29. The average Bonchev–Trinajstić information content (AvgIpc) is 2.47. The quantitative estimate of drug-likeness (QED) is 0.664. The number of hydrogen-bond donors (Lipinski definition) is 1. The molecule has 3 nitrogen and oxygen atoms in total. The standard InChI is InChI=1S/C18H22N2O/c1-18(2,3)16-12-14(10-11-17(16)21-4)13-19-20-15-8-6-5-7-9-15/h5-13,20H,1-4H3. The van der Waals surface area contributed by atoms with Crippen LogP contribution in [-0.2, 0) is 5.41 Å². The molecular formula is C18H22N2O. The monoisotopic (exact) mass is 282 g/mol. The van der Waals surface area contributed by atoms with Gasteiger partial charge in [-0.15, -0.1) is 0 Å². The van der Waals surface area contributed by atoms with Gasteiger partial charge in [-0.05, 0) is 41.3 Å². The van der Waals surface area contributed by atoms with Gasteiger partial charge in [-0.2, -0.15) is 5.10 Å². The molecule has 0 spiro atoms. The zero-order valence-electron chi connectivity index (χ0n) is 13.1. The molecular weight excluding hydrogens is 260 g/mol. The van der Waals surface area contributed by atoms with Crippen LogP contribution in [0.3, 0.4) is 0 Å². The highest BCUT2D eigenvalue weighted by molar-refractivity contribution is 5.81. The maximum atomic E-state index is 5.44. The first-order valence-electron chi connectivity index (χ1n) is 7.03. The van der Waals surface area contributed by atoms with Crippen LogP contribution in [0.4, 0.5) is 5.69 Å². The number of hydrazone groups is 1. The van der Waals surface area contributed by atoms with Crippen molar-refractivity contribution < 1.29 is 4.74 Å². The number of ether oxygens (including phenoxy) is 1. The van der Waals surface area contributed by atoms with Crippen LogP contribution in [0.5, 0.6) is 5.75 Å². The highest BCUT2D eigenvalue weighted by Gasteiger charge is 2.18. The zero-order chi connectivity index (χ0) is 15.3. The molecule has 0 fully saturated rings. The number of rotatable bonds is 4. The minimum atomic E-state index is 0.0298. The molecule has 2 aromatic carbocycles. The van der Waals surface area contributed by atoms with Gasteiger partial charge in [-0.3, -0.25) is 5.43 Å². The van der Waals surface area contributed by atoms with E-state index in [-0.39, 0.29) is 5.41 Å². The van der Waals surface area contributed by atoms with Crippen LogP contribution in [0.25, 0.3) is 0 Å². The van der Waals surface area contributed by atoms with E-state index in [0.717, 1.165) is 17.0 Å². The summed E-state index contributed by atoms with van der Waals surface area (Å²) in [5, 5.41) is 4.27. The van der Waals surface area contributed by atoms with Crippen LogP contribution >= 0.6 is 0 Å². The van der Waals surface area contributed by atoms with Gasteiger partial charge in [0.2, 0.25) is 0 Å². The predicted molar refractivity (Wildman–Crippen MR) is 89.4 cm³/mol. The summed E-state index contributed by atoms with van der Waals surface area (Å²) in [6.07, 6.45) is 1.82. The molecule has 2 rings (SSSR count). The first kappa shape index (κ1) is 15.1. The first-order chi connectivity index (χ1) is 10.0. The second kappa shape index (κ2) is 6.44. The maximum absolute atomic E-state index is 5.44.